The van der Waals surface area contributed by atoms with E-state index in [2.05, 4.69) is 25.9 Å². The summed E-state index contributed by atoms with van der Waals surface area (Å²) in [7, 11) is 0. The Bertz CT molecular complexity index is 676. The summed E-state index contributed by atoms with van der Waals surface area (Å²) in [5, 5.41) is 16.2. The Kier molecular flexibility index (Phi) is 9.09. The number of amides is 3. The molecule has 1 rings (SSSR count). The first-order chi connectivity index (χ1) is 13.1. The first-order valence-corrected chi connectivity index (χ1v) is 8.93. The van der Waals surface area contributed by atoms with Crippen molar-refractivity contribution in [1.29, 1.82) is 0 Å². The monoisotopic (exact) mass is 396 g/mol. The van der Waals surface area contributed by atoms with E-state index in [4.69, 9.17) is 10.8 Å². The van der Waals surface area contributed by atoms with E-state index in [1.807, 2.05) is 13.8 Å². The minimum absolute atomic E-state index is 0.0774. The van der Waals surface area contributed by atoms with E-state index in [9.17, 15) is 19.2 Å². The lowest BCUT2D eigenvalue weighted by Crippen LogP contribution is -2.53. The highest BCUT2D eigenvalue weighted by Crippen LogP contribution is 2.05. The number of carboxylic acid groups (broad SMARTS) is 1. The van der Waals surface area contributed by atoms with Crippen molar-refractivity contribution >= 4 is 23.7 Å². The maximum atomic E-state index is 12.2. The summed E-state index contributed by atoms with van der Waals surface area (Å²) in [6.07, 6.45) is 3.57. The van der Waals surface area contributed by atoms with Gasteiger partial charge < -0.3 is 31.8 Å². The number of aliphatic carboxylic acids is 1. The van der Waals surface area contributed by atoms with Crippen molar-refractivity contribution in [3.63, 3.8) is 0 Å². The van der Waals surface area contributed by atoms with Gasteiger partial charge in [0.2, 0.25) is 17.7 Å². The molecule has 0 aliphatic carbocycles. The number of carbonyl (C=O) groups is 4. The summed E-state index contributed by atoms with van der Waals surface area (Å²) >= 11 is 0. The molecular weight excluding hydrogens is 368 g/mol. The highest BCUT2D eigenvalue weighted by atomic mass is 16.4. The minimum atomic E-state index is -1.18. The Balaban J connectivity index is 2.53. The van der Waals surface area contributed by atoms with Crippen molar-refractivity contribution < 1.29 is 24.3 Å². The number of nitrogens with two attached hydrogens (primary N) is 1. The highest BCUT2D eigenvalue weighted by Gasteiger charge is 2.25. The van der Waals surface area contributed by atoms with Gasteiger partial charge in [-0.25, -0.2) is 4.98 Å². The predicted molar refractivity (Wildman–Crippen MR) is 99.9 cm³/mol. The average Bonchev–Trinajstić information content (AvgIpc) is 3.11. The molecule has 3 amide bonds. The number of H-pyrrole nitrogens is 1. The van der Waals surface area contributed by atoms with Crippen LogP contribution in [0.1, 0.15) is 32.9 Å². The summed E-state index contributed by atoms with van der Waals surface area (Å²) in [4.78, 5) is 53.9. The van der Waals surface area contributed by atoms with E-state index < -0.39 is 41.8 Å². The molecule has 0 fully saturated rings. The summed E-state index contributed by atoms with van der Waals surface area (Å²) in [6, 6.07) is -2.86. The van der Waals surface area contributed by atoms with Crippen molar-refractivity contribution in [2.24, 2.45) is 11.7 Å². The van der Waals surface area contributed by atoms with Gasteiger partial charge in [0.15, 0.2) is 0 Å². The van der Waals surface area contributed by atoms with E-state index in [0.29, 0.717) is 12.1 Å². The van der Waals surface area contributed by atoms with Gasteiger partial charge in [-0.15, -0.1) is 0 Å². The molecule has 0 saturated heterocycles. The van der Waals surface area contributed by atoms with Crippen LogP contribution in [-0.4, -0.2) is 63.4 Å². The summed E-state index contributed by atoms with van der Waals surface area (Å²) in [6.45, 7) is 4.70. The molecule has 1 aromatic rings. The minimum Gasteiger partial charge on any atom is -0.480 e. The number of carboxylic acids is 1. The smallest absolute Gasteiger partial charge is 0.325 e. The molecule has 1 heterocycles. The third-order valence-electron chi connectivity index (χ3n) is 3.84. The first kappa shape index (κ1) is 23.1. The molecule has 0 saturated carbocycles. The lowest BCUT2D eigenvalue weighted by molar-refractivity contribution is -0.141. The molecule has 0 radical (unpaired) electrons. The van der Waals surface area contributed by atoms with Crippen LogP contribution in [0, 0.1) is 5.92 Å². The van der Waals surface area contributed by atoms with Gasteiger partial charge in [-0.1, -0.05) is 13.8 Å². The molecule has 11 nitrogen and oxygen atoms in total. The highest BCUT2D eigenvalue weighted by molar-refractivity contribution is 5.92. The zero-order valence-corrected chi connectivity index (χ0v) is 16.2. The molecule has 0 aliphatic heterocycles. The second-order valence-electron chi connectivity index (χ2n) is 6.92. The fraction of sp³-hybridized carbons (Fsp3) is 0.588. The second kappa shape index (κ2) is 11.0. The average molecular weight is 396 g/mol. The van der Waals surface area contributed by atoms with Crippen molar-refractivity contribution in [2.75, 3.05) is 6.54 Å². The zero-order chi connectivity index (χ0) is 21.3. The van der Waals surface area contributed by atoms with E-state index in [1.165, 1.54) is 13.3 Å². The van der Waals surface area contributed by atoms with E-state index in [-0.39, 0.29) is 18.9 Å². The molecule has 7 N–H and O–H groups in total. The molecule has 3 atom stereocenters. The van der Waals surface area contributed by atoms with Crippen LogP contribution in [-0.2, 0) is 25.6 Å². The van der Waals surface area contributed by atoms with Crippen molar-refractivity contribution in [3.8, 4) is 0 Å². The third-order valence-corrected chi connectivity index (χ3v) is 3.84. The normalized spacial score (nSPS) is 14.0. The van der Waals surface area contributed by atoms with Crippen LogP contribution in [0.25, 0.3) is 0 Å². The SMILES string of the molecule is CC(C)C[C@H](NC(=O)CNC(=O)[C@@H](N)Cc1cnc[nH]1)C(=O)N[C@@H](C)C(=O)O. The molecule has 0 bridgehead atoms. The van der Waals surface area contributed by atoms with Gasteiger partial charge in [0.25, 0.3) is 0 Å². The molecule has 0 spiro atoms. The maximum Gasteiger partial charge on any atom is 0.325 e. The molecule has 11 heteroatoms. The summed E-state index contributed by atoms with van der Waals surface area (Å²) < 4.78 is 0. The van der Waals surface area contributed by atoms with Crippen molar-refractivity contribution in [3.05, 3.63) is 18.2 Å². The number of nitrogens with zero attached hydrogens (tertiary/aromatic N) is 1. The Morgan fingerprint density at radius 2 is 1.86 bits per heavy atom. The van der Waals surface area contributed by atoms with Gasteiger partial charge in [0, 0.05) is 18.3 Å². The Hall–Kier alpha value is -2.95. The number of hydrogen-bond donors (Lipinski definition) is 6. The standard InChI is InChI=1S/C17H28N6O5/c1-9(2)4-13(16(26)22-10(3)17(27)28)23-14(24)7-20-15(25)12(18)5-11-6-19-8-21-11/h6,8-10,12-13H,4-5,7,18H2,1-3H3,(H,19,21)(H,20,25)(H,22,26)(H,23,24)(H,27,28)/t10-,12-,13-/m0/s1. The lowest BCUT2D eigenvalue weighted by atomic mass is 10.0. The molecular formula is C17H28N6O5. The molecule has 0 aromatic carbocycles. The van der Waals surface area contributed by atoms with Gasteiger partial charge in [-0.05, 0) is 19.3 Å². The summed E-state index contributed by atoms with van der Waals surface area (Å²) in [5.74, 6) is -2.80. The third kappa shape index (κ3) is 8.16. The van der Waals surface area contributed by atoms with Gasteiger partial charge in [0.05, 0.1) is 18.9 Å². The van der Waals surface area contributed by atoms with E-state index >= 15 is 0 Å². The van der Waals surface area contributed by atoms with Crippen LogP contribution in [0.3, 0.4) is 0 Å². The van der Waals surface area contributed by atoms with Crippen LogP contribution in [0.5, 0.6) is 0 Å². The Morgan fingerprint density at radius 3 is 2.39 bits per heavy atom. The number of carbonyl (C=O) groups excluding carboxylic acids is 3. The number of nitrogens with one attached hydrogen (secondary N) is 4. The molecule has 0 unspecified atom stereocenters. The number of aromatic nitrogens is 2. The predicted octanol–water partition coefficient (Wildman–Crippen LogP) is -1.48. The Morgan fingerprint density at radius 1 is 1.18 bits per heavy atom. The second-order valence-corrected chi connectivity index (χ2v) is 6.92. The van der Waals surface area contributed by atoms with E-state index in [0.717, 1.165) is 0 Å². The fourth-order valence-corrected chi connectivity index (χ4v) is 2.35. The number of hydrogen-bond acceptors (Lipinski definition) is 6. The molecule has 156 valence electrons. The zero-order valence-electron chi connectivity index (χ0n) is 16.2. The Labute approximate surface area is 162 Å². The number of aromatic amines is 1. The van der Waals surface area contributed by atoms with Crippen LogP contribution >= 0.6 is 0 Å². The van der Waals surface area contributed by atoms with Gasteiger partial charge in [-0.2, -0.15) is 0 Å². The largest absolute Gasteiger partial charge is 0.480 e. The number of imidazole rings is 1. The fourth-order valence-electron chi connectivity index (χ4n) is 2.35. The van der Waals surface area contributed by atoms with Crippen LogP contribution in [0.15, 0.2) is 12.5 Å². The topological polar surface area (TPSA) is 179 Å². The van der Waals surface area contributed by atoms with Gasteiger partial charge in [0.1, 0.15) is 12.1 Å². The van der Waals surface area contributed by atoms with E-state index in [1.54, 1.807) is 6.20 Å². The first-order valence-electron chi connectivity index (χ1n) is 8.93. The molecule has 1 aromatic heterocycles. The quantitative estimate of drug-likeness (QED) is 0.264. The summed E-state index contributed by atoms with van der Waals surface area (Å²) in [5.41, 5.74) is 6.47. The maximum absolute atomic E-state index is 12.2. The lowest BCUT2D eigenvalue weighted by Gasteiger charge is -2.21. The van der Waals surface area contributed by atoms with Crippen LogP contribution in [0.2, 0.25) is 0 Å². The van der Waals surface area contributed by atoms with Gasteiger partial charge in [-0.3, -0.25) is 19.2 Å². The van der Waals surface area contributed by atoms with Crippen LogP contribution in [0.4, 0.5) is 0 Å². The van der Waals surface area contributed by atoms with Crippen LogP contribution < -0.4 is 21.7 Å². The van der Waals surface area contributed by atoms with Gasteiger partial charge >= 0.3 is 5.97 Å². The van der Waals surface area contributed by atoms with Crippen molar-refractivity contribution in [2.45, 2.75) is 51.7 Å². The van der Waals surface area contributed by atoms with Crippen molar-refractivity contribution in [1.82, 2.24) is 25.9 Å². The number of rotatable bonds is 11. The molecule has 28 heavy (non-hydrogen) atoms. The molecule has 0 aliphatic rings.